The first-order chi connectivity index (χ1) is 17.1. The Morgan fingerprint density at radius 3 is 2.94 bits per heavy atom. The number of fused-ring (bicyclic) bond motifs is 1. The summed E-state index contributed by atoms with van der Waals surface area (Å²) in [6.07, 6.45) is 6.06. The molecule has 1 aromatic carbocycles. The molecule has 0 radical (unpaired) electrons. The van der Waals surface area contributed by atoms with Crippen LogP contribution in [0.15, 0.2) is 46.4 Å². The van der Waals surface area contributed by atoms with Crippen LogP contribution in [0.1, 0.15) is 30.9 Å². The third-order valence-electron chi connectivity index (χ3n) is 6.64. The highest BCUT2D eigenvalue weighted by Crippen LogP contribution is 2.34. The van der Waals surface area contributed by atoms with E-state index in [1.807, 2.05) is 35.8 Å². The lowest BCUT2D eigenvalue weighted by Gasteiger charge is -2.37. The summed E-state index contributed by atoms with van der Waals surface area (Å²) < 4.78 is 6.48. The number of piperidine rings is 1. The molecule has 0 spiro atoms. The number of nitrogens with zero attached hydrogens (tertiary/aromatic N) is 3. The van der Waals surface area contributed by atoms with E-state index in [0.29, 0.717) is 6.54 Å². The number of pyridine rings is 1. The van der Waals surface area contributed by atoms with Crippen LogP contribution in [0.2, 0.25) is 0 Å². The van der Waals surface area contributed by atoms with E-state index in [4.69, 9.17) is 9.57 Å². The number of thioether (sulfide) groups is 1. The monoisotopic (exact) mass is 516 g/mol. The van der Waals surface area contributed by atoms with Crippen LogP contribution in [0, 0.1) is 11.8 Å². The molecule has 0 saturated carbocycles. The fourth-order valence-corrected chi connectivity index (χ4v) is 6.53. The fourth-order valence-electron chi connectivity index (χ4n) is 4.82. The molecule has 0 amide bonds. The molecule has 0 unspecified atom stereocenters. The minimum absolute atomic E-state index is 0.0835. The predicted molar refractivity (Wildman–Crippen MR) is 139 cm³/mol. The average molecular weight is 517 g/mol. The van der Waals surface area contributed by atoms with Crippen molar-refractivity contribution < 1.29 is 19.5 Å². The van der Waals surface area contributed by atoms with Gasteiger partial charge in [0.1, 0.15) is 10.1 Å². The molecule has 3 atom stereocenters. The molecule has 1 saturated heterocycles. The summed E-state index contributed by atoms with van der Waals surface area (Å²) in [6.45, 7) is 2.39. The molecule has 1 aliphatic heterocycles. The number of rotatable bonds is 12. The highest BCUT2D eigenvalue weighted by atomic mass is 32.2. The lowest BCUT2D eigenvalue weighted by molar-refractivity contribution is -0.146. The lowest BCUT2D eigenvalue weighted by Crippen LogP contribution is -2.44. The summed E-state index contributed by atoms with van der Waals surface area (Å²) in [5, 5.41) is 13.0. The van der Waals surface area contributed by atoms with Crippen LogP contribution in [-0.4, -0.2) is 65.6 Å². The number of benzene rings is 1. The molecule has 3 heterocycles. The largest absolute Gasteiger partial charge is 0.497 e. The third-order valence-corrected chi connectivity index (χ3v) is 8.59. The minimum atomic E-state index is -0.706. The van der Waals surface area contributed by atoms with Crippen LogP contribution in [0.4, 0.5) is 0 Å². The van der Waals surface area contributed by atoms with Crippen molar-refractivity contribution in [3.63, 3.8) is 0 Å². The van der Waals surface area contributed by atoms with Gasteiger partial charge < -0.3 is 19.6 Å². The second-order valence-corrected chi connectivity index (χ2v) is 10.9. The van der Waals surface area contributed by atoms with Crippen LogP contribution >= 0.6 is 23.1 Å². The van der Waals surface area contributed by atoms with E-state index in [2.05, 4.69) is 20.3 Å². The Balaban J connectivity index is 1.40. The Morgan fingerprint density at radius 1 is 1.31 bits per heavy atom. The van der Waals surface area contributed by atoms with E-state index in [0.717, 1.165) is 64.7 Å². The first-order valence-electron chi connectivity index (χ1n) is 11.8. The van der Waals surface area contributed by atoms with Gasteiger partial charge in [0.2, 0.25) is 0 Å². The first-order valence-corrected chi connectivity index (χ1v) is 13.6. The zero-order valence-corrected chi connectivity index (χ0v) is 21.7. The van der Waals surface area contributed by atoms with Crippen LogP contribution < -0.4 is 10.2 Å². The van der Waals surface area contributed by atoms with Crippen molar-refractivity contribution in [2.45, 2.75) is 29.6 Å². The Bertz CT molecular complexity index is 1100. The number of carboxylic acid groups (broad SMARTS) is 1. The van der Waals surface area contributed by atoms with Crippen LogP contribution in [0.5, 0.6) is 5.75 Å². The first kappa shape index (κ1) is 25.8. The third kappa shape index (κ3) is 6.71. The summed E-state index contributed by atoms with van der Waals surface area (Å²) in [5.74, 6) is 0.741. The molecular formula is C25H32N4O4S2. The van der Waals surface area contributed by atoms with Gasteiger partial charge in [0, 0.05) is 42.0 Å². The Hall–Kier alpha value is -2.24. The summed E-state index contributed by atoms with van der Waals surface area (Å²) in [6, 6.07) is 7.75. The van der Waals surface area contributed by atoms with E-state index in [9.17, 15) is 9.90 Å². The minimum Gasteiger partial charge on any atom is -0.497 e. The summed E-state index contributed by atoms with van der Waals surface area (Å²) in [4.78, 5) is 28.6. The van der Waals surface area contributed by atoms with Gasteiger partial charge in [-0.25, -0.2) is 4.98 Å². The van der Waals surface area contributed by atoms with Gasteiger partial charge in [-0.1, -0.05) is 11.8 Å². The van der Waals surface area contributed by atoms with Gasteiger partial charge in [-0.3, -0.25) is 9.78 Å². The Morgan fingerprint density at radius 2 is 2.20 bits per heavy atom. The molecule has 0 bridgehead atoms. The SMILES string of the molecule is CON[C@H](CC[C@@H]1CCN(CCSc2nccs2)C[C@@H]1C(=O)O)c1ccnc2ccc(OC)cc12. The number of methoxy groups -OCH3 is 1. The Kier molecular flexibility index (Phi) is 9.33. The molecule has 2 aromatic heterocycles. The molecule has 2 N–H and O–H groups in total. The zero-order valence-electron chi connectivity index (χ0n) is 20.1. The van der Waals surface area contributed by atoms with Gasteiger partial charge in [0.25, 0.3) is 0 Å². The highest BCUT2D eigenvalue weighted by molar-refractivity contribution is 8.01. The van der Waals surface area contributed by atoms with Crippen molar-refractivity contribution in [3.8, 4) is 5.75 Å². The smallest absolute Gasteiger partial charge is 0.308 e. The van der Waals surface area contributed by atoms with Crippen molar-refractivity contribution in [1.82, 2.24) is 20.3 Å². The second kappa shape index (κ2) is 12.6. The maximum atomic E-state index is 12.2. The molecule has 35 heavy (non-hydrogen) atoms. The molecule has 3 aromatic rings. The number of ether oxygens (including phenoxy) is 1. The molecule has 10 heteroatoms. The highest BCUT2D eigenvalue weighted by Gasteiger charge is 2.34. The number of hydroxylamine groups is 1. The summed E-state index contributed by atoms with van der Waals surface area (Å²) in [7, 11) is 3.26. The number of carbonyl (C=O) groups is 1. The molecule has 1 fully saturated rings. The van der Waals surface area contributed by atoms with Gasteiger partial charge >= 0.3 is 5.97 Å². The van der Waals surface area contributed by atoms with Gasteiger partial charge in [-0.15, -0.1) is 11.3 Å². The van der Waals surface area contributed by atoms with Crippen molar-refractivity contribution >= 4 is 40.0 Å². The van der Waals surface area contributed by atoms with E-state index in [1.165, 1.54) is 0 Å². The number of likely N-dealkylation sites (tertiary alicyclic amines) is 1. The van der Waals surface area contributed by atoms with Crippen LogP contribution in [0.3, 0.4) is 0 Å². The maximum Gasteiger partial charge on any atom is 0.308 e. The number of aromatic nitrogens is 2. The number of nitrogens with one attached hydrogen (secondary N) is 1. The zero-order chi connectivity index (χ0) is 24.6. The van der Waals surface area contributed by atoms with Crippen LogP contribution in [0.25, 0.3) is 10.9 Å². The normalized spacial score (nSPS) is 19.6. The topological polar surface area (TPSA) is 96.8 Å². The van der Waals surface area contributed by atoms with Crippen molar-refractivity contribution in [2.24, 2.45) is 11.8 Å². The number of aliphatic carboxylic acids is 1. The van der Waals surface area contributed by atoms with Gasteiger partial charge in [-0.05, 0) is 61.6 Å². The molecule has 4 rings (SSSR count). The number of thiazole rings is 1. The standard InChI is InChI=1S/C25H32N4O4S2/c1-32-18-4-6-22-20(15-18)19(7-9-26-22)23(28-33-2)5-3-17-8-11-29(16-21(17)24(30)31)12-14-35-25-27-10-13-34-25/h4,6-7,9-10,13,15,17,21,23,28H,3,5,8,11-12,14,16H2,1-2H3,(H,30,31)/t17-,21+,23-/m1/s1. The molecule has 8 nitrogen and oxygen atoms in total. The van der Waals surface area contributed by atoms with E-state index >= 15 is 0 Å². The quantitative estimate of drug-likeness (QED) is 0.267. The second-order valence-electron chi connectivity index (χ2n) is 8.68. The maximum absolute atomic E-state index is 12.2. The van der Waals surface area contributed by atoms with Crippen molar-refractivity contribution in [2.75, 3.05) is 39.6 Å². The summed E-state index contributed by atoms with van der Waals surface area (Å²) >= 11 is 3.38. The number of carboxylic acids is 1. The Labute approximate surface area is 214 Å². The van der Waals surface area contributed by atoms with Gasteiger partial charge in [0.05, 0.1) is 31.7 Å². The predicted octanol–water partition coefficient (Wildman–Crippen LogP) is 4.49. The van der Waals surface area contributed by atoms with E-state index < -0.39 is 5.97 Å². The van der Waals surface area contributed by atoms with Crippen molar-refractivity contribution in [3.05, 3.63) is 47.6 Å². The van der Waals surface area contributed by atoms with Gasteiger partial charge in [-0.2, -0.15) is 5.48 Å². The lowest BCUT2D eigenvalue weighted by atomic mass is 9.81. The average Bonchev–Trinajstić information content (AvgIpc) is 3.40. The molecule has 1 aliphatic rings. The molecule has 188 valence electrons. The fraction of sp³-hybridized carbons (Fsp3) is 0.480. The van der Waals surface area contributed by atoms with E-state index in [1.54, 1.807) is 43.5 Å². The number of hydrogen-bond acceptors (Lipinski definition) is 9. The molecule has 0 aliphatic carbocycles. The summed E-state index contributed by atoms with van der Waals surface area (Å²) in [5.41, 5.74) is 5.08. The molecular weight excluding hydrogens is 484 g/mol. The number of hydrogen-bond donors (Lipinski definition) is 2. The van der Waals surface area contributed by atoms with Crippen LogP contribution in [-0.2, 0) is 9.63 Å². The van der Waals surface area contributed by atoms with Crippen molar-refractivity contribution in [1.29, 1.82) is 0 Å². The van der Waals surface area contributed by atoms with Gasteiger partial charge in [0.15, 0.2) is 0 Å². The van der Waals surface area contributed by atoms with E-state index in [-0.39, 0.29) is 17.9 Å².